The Balaban J connectivity index is 1.56. The van der Waals surface area contributed by atoms with E-state index in [-0.39, 0.29) is 30.0 Å². The van der Waals surface area contributed by atoms with Crippen molar-refractivity contribution >= 4 is 28.3 Å². The Labute approximate surface area is 170 Å². The van der Waals surface area contributed by atoms with Gasteiger partial charge in [-0.2, -0.15) is 0 Å². The minimum Gasteiger partial charge on any atom is -0.494 e. The molecule has 0 bridgehead atoms. The standard InChI is InChI=1S/C20H20FN3O4S/c1-11(13-4-5-17(27-3)16(21)8-13)22-18(25)9-14-10-29-20(23-14)24-19(26)15-6-7-28-12(15)2/h4-8,10-11H,9H2,1-3H3,(H,22,25)(H,23,24,26). The van der Waals surface area contributed by atoms with Crippen molar-refractivity contribution in [3.63, 3.8) is 0 Å². The number of carbonyl (C=O) groups excluding carboxylic acids is 2. The highest BCUT2D eigenvalue weighted by Gasteiger charge is 2.16. The molecule has 0 radical (unpaired) electrons. The number of thiazole rings is 1. The van der Waals surface area contributed by atoms with Crippen LogP contribution < -0.4 is 15.4 Å². The van der Waals surface area contributed by atoms with Crippen LogP contribution >= 0.6 is 11.3 Å². The fraction of sp³-hybridized carbons (Fsp3) is 0.250. The van der Waals surface area contributed by atoms with E-state index in [1.54, 1.807) is 31.4 Å². The number of aromatic nitrogens is 1. The molecule has 1 unspecified atom stereocenters. The van der Waals surface area contributed by atoms with Crippen molar-refractivity contribution in [1.29, 1.82) is 0 Å². The summed E-state index contributed by atoms with van der Waals surface area (Å²) in [5, 5.41) is 7.59. The molecule has 0 aliphatic heterocycles. The number of anilines is 1. The van der Waals surface area contributed by atoms with Gasteiger partial charge in [0.05, 0.1) is 37.1 Å². The predicted octanol–water partition coefficient (Wildman–Crippen LogP) is 3.86. The molecule has 0 spiro atoms. The molecule has 7 nitrogen and oxygen atoms in total. The molecule has 2 N–H and O–H groups in total. The number of furan rings is 1. The lowest BCUT2D eigenvalue weighted by Gasteiger charge is -2.15. The normalized spacial score (nSPS) is 11.7. The third-order valence-electron chi connectivity index (χ3n) is 4.27. The summed E-state index contributed by atoms with van der Waals surface area (Å²) in [6.07, 6.45) is 1.48. The summed E-state index contributed by atoms with van der Waals surface area (Å²) >= 11 is 1.23. The van der Waals surface area contributed by atoms with Gasteiger partial charge in [0.15, 0.2) is 16.7 Å². The van der Waals surface area contributed by atoms with Crippen molar-refractivity contribution < 1.29 is 23.1 Å². The molecule has 3 aromatic rings. The molecule has 29 heavy (non-hydrogen) atoms. The van der Waals surface area contributed by atoms with Gasteiger partial charge in [0.2, 0.25) is 5.91 Å². The van der Waals surface area contributed by atoms with Crippen molar-refractivity contribution in [1.82, 2.24) is 10.3 Å². The molecule has 0 aliphatic rings. The third kappa shape index (κ3) is 5.00. The molecule has 9 heteroatoms. The first-order chi connectivity index (χ1) is 13.9. The molecule has 152 valence electrons. The first-order valence-electron chi connectivity index (χ1n) is 8.80. The fourth-order valence-corrected chi connectivity index (χ4v) is 3.43. The maximum Gasteiger partial charge on any atom is 0.260 e. The van der Waals surface area contributed by atoms with Gasteiger partial charge in [0, 0.05) is 5.38 Å². The first kappa shape index (κ1) is 20.5. The molecule has 0 saturated heterocycles. The average Bonchev–Trinajstić information content (AvgIpc) is 3.30. The van der Waals surface area contributed by atoms with Crippen LogP contribution in [0.15, 0.2) is 40.3 Å². The summed E-state index contributed by atoms with van der Waals surface area (Å²) in [6, 6.07) is 5.74. The number of nitrogens with zero attached hydrogens (tertiary/aromatic N) is 1. The van der Waals surface area contributed by atoms with Crippen molar-refractivity contribution in [2.24, 2.45) is 0 Å². The van der Waals surface area contributed by atoms with Gasteiger partial charge in [0.25, 0.3) is 5.91 Å². The van der Waals surface area contributed by atoms with Crippen molar-refractivity contribution in [2.75, 3.05) is 12.4 Å². The number of nitrogens with one attached hydrogen (secondary N) is 2. The molecule has 2 amide bonds. The van der Waals surface area contributed by atoms with Crippen LogP contribution in [0.4, 0.5) is 9.52 Å². The topological polar surface area (TPSA) is 93.5 Å². The molecule has 1 atom stereocenters. The monoisotopic (exact) mass is 417 g/mol. The number of aryl methyl sites for hydroxylation is 1. The highest BCUT2D eigenvalue weighted by Crippen LogP contribution is 2.22. The summed E-state index contributed by atoms with van der Waals surface area (Å²) in [6.45, 7) is 3.46. The predicted molar refractivity (Wildman–Crippen MR) is 107 cm³/mol. The maximum absolute atomic E-state index is 13.8. The Hall–Kier alpha value is -3.20. The highest BCUT2D eigenvalue weighted by molar-refractivity contribution is 7.14. The number of ether oxygens (including phenoxy) is 1. The second-order valence-corrected chi connectivity index (χ2v) is 7.21. The highest BCUT2D eigenvalue weighted by atomic mass is 32.1. The number of benzene rings is 1. The Morgan fingerprint density at radius 1 is 1.34 bits per heavy atom. The number of methoxy groups -OCH3 is 1. The number of hydrogen-bond acceptors (Lipinski definition) is 6. The molecule has 2 heterocycles. The van der Waals surface area contributed by atoms with Crippen molar-refractivity contribution in [2.45, 2.75) is 26.3 Å². The summed E-state index contributed by atoms with van der Waals surface area (Å²) in [5.74, 6) is -0.407. The van der Waals surface area contributed by atoms with Crippen LogP contribution in [0.2, 0.25) is 0 Å². The van der Waals surface area contributed by atoms with E-state index in [4.69, 9.17) is 9.15 Å². The van der Waals surface area contributed by atoms with Crippen LogP contribution in [0, 0.1) is 12.7 Å². The van der Waals surface area contributed by atoms with E-state index in [0.717, 1.165) is 0 Å². The van der Waals surface area contributed by atoms with Gasteiger partial charge in [0.1, 0.15) is 5.76 Å². The summed E-state index contributed by atoms with van der Waals surface area (Å²) in [5.41, 5.74) is 1.58. The lowest BCUT2D eigenvalue weighted by molar-refractivity contribution is -0.121. The number of carbonyl (C=O) groups is 2. The van der Waals surface area contributed by atoms with Gasteiger partial charge in [-0.25, -0.2) is 9.37 Å². The number of hydrogen-bond donors (Lipinski definition) is 2. The Bertz CT molecular complexity index is 1030. The summed E-state index contributed by atoms with van der Waals surface area (Å²) in [7, 11) is 1.39. The van der Waals surface area contributed by atoms with E-state index >= 15 is 0 Å². The van der Waals surface area contributed by atoms with Crippen LogP contribution in [-0.2, 0) is 11.2 Å². The summed E-state index contributed by atoms with van der Waals surface area (Å²) in [4.78, 5) is 28.7. The molecule has 0 fully saturated rings. The second-order valence-electron chi connectivity index (χ2n) is 6.35. The number of rotatable bonds is 7. The smallest absolute Gasteiger partial charge is 0.260 e. The van der Waals surface area contributed by atoms with Gasteiger partial charge in [-0.05, 0) is 37.6 Å². The minimum atomic E-state index is -0.487. The fourth-order valence-electron chi connectivity index (χ4n) is 2.72. The van der Waals surface area contributed by atoms with Crippen molar-refractivity contribution in [3.05, 3.63) is 64.3 Å². The van der Waals surface area contributed by atoms with Crippen molar-refractivity contribution in [3.8, 4) is 5.75 Å². The van der Waals surface area contributed by atoms with Crippen LogP contribution in [0.3, 0.4) is 0 Å². The Morgan fingerprint density at radius 2 is 2.14 bits per heavy atom. The minimum absolute atomic E-state index is 0.0418. The Morgan fingerprint density at radius 3 is 2.79 bits per heavy atom. The number of halogens is 1. The van der Waals surface area contributed by atoms with E-state index in [1.807, 2.05) is 0 Å². The van der Waals surface area contributed by atoms with Crippen LogP contribution in [0.5, 0.6) is 5.75 Å². The van der Waals surface area contributed by atoms with E-state index in [1.165, 1.54) is 36.8 Å². The van der Waals surface area contributed by atoms with E-state index in [2.05, 4.69) is 15.6 Å². The molecule has 2 aromatic heterocycles. The number of amides is 2. The lowest BCUT2D eigenvalue weighted by atomic mass is 10.1. The van der Waals surface area contributed by atoms with Crippen LogP contribution in [-0.4, -0.2) is 23.9 Å². The van der Waals surface area contributed by atoms with E-state index in [9.17, 15) is 14.0 Å². The SMILES string of the molecule is COc1ccc(C(C)NC(=O)Cc2csc(NC(=O)c3ccoc3C)n2)cc1F. The zero-order chi connectivity index (χ0) is 21.0. The average molecular weight is 417 g/mol. The van der Waals surface area contributed by atoms with Gasteiger partial charge in [-0.3, -0.25) is 14.9 Å². The lowest BCUT2D eigenvalue weighted by Crippen LogP contribution is -2.28. The maximum atomic E-state index is 13.8. The van der Waals surface area contributed by atoms with Gasteiger partial charge >= 0.3 is 0 Å². The zero-order valence-electron chi connectivity index (χ0n) is 16.1. The first-order valence-corrected chi connectivity index (χ1v) is 9.68. The second kappa shape index (κ2) is 8.87. The molecular weight excluding hydrogens is 397 g/mol. The van der Waals surface area contributed by atoms with Gasteiger partial charge in [-0.1, -0.05) is 6.07 Å². The molecular formula is C20H20FN3O4S. The van der Waals surface area contributed by atoms with Gasteiger partial charge in [-0.15, -0.1) is 11.3 Å². The van der Waals surface area contributed by atoms with Crippen LogP contribution in [0.25, 0.3) is 0 Å². The molecule has 1 aromatic carbocycles. The van der Waals surface area contributed by atoms with Crippen LogP contribution in [0.1, 0.15) is 40.3 Å². The third-order valence-corrected chi connectivity index (χ3v) is 5.08. The van der Waals surface area contributed by atoms with E-state index in [0.29, 0.717) is 27.7 Å². The van der Waals surface area contributed by atoms with E-state index < -0.39 is 5.82 Å². The Kier molecular flexibility index (Phi) is 6.28. The largest absolute Gasteiger partial charge is 0.494 e. The van der Waals surface area contributed by atoms with Gasteiger partial charge < -0.3 is 14.5 Å². The molecule has 0 saturated carbocycles. The zero-order valence-corrected chi connectivity index (χ0v) is 16.9. The quantitative estimate of drug-likeness (QED) is 0.609. The molecule has 0 aliphatic carbocycles. The molecule has 3 rings (SSSR count). The summed E-state index contributed by atoms with van der Waals surface area (Å²) < 4.78 is 23.9.